The molecule has 2 aromatic carbocycles. The third-order valence-electron chi connectivity index (χ3n) is 4.38. The van der Waals surface area contributed by atoms with Gasteiger partial charge < -0.3 is 10.6 Å². The van der Waals surface area contributed by atoms with Crippen LogP contribution in [0.2, 0.25) is 0 Å². The van der Waals surface area contributed by atoms with Crippen LogP contribution in [-0.2, 0) is 14.4 Å². The summed E-state index contributed by atoms with van der Waals surface area (Å²) in [5.74, 6) is -0.958. The van der Waals surface area contributed by atoms with Crippen LogP contribution in [0.15, 0.2) is 66.9 Å². The van der Waals surface area contributed by atoms with Gasteiger partial charge >= 0.3 is 0 Å². The monoisotopic (exact) mass is 375 g/mol. The number of nitrogens with one attached hydrogen (secondary N) is 2. The summed E-state index contributed by atoms with van der Waals surface area (Å²) in [5.41, 5.74) is 3.45. The molecule has 2 N–H and O–H groups in total. The predicted octanol–water partition coefficient (Wildman–Crippen LogP) is 3.33. The zero-order valence-electron chi connectivity index (χ0n) is 15.8. The van der Waals surface area contributed by atoms with E-state index in [4.69, 9.17) is 0 Å². The van der Waals surface area contributed by atoms with Crippen molar-refractivity contribution >= 4 is 34.7 Å². The van der Waals surface area contributed by atoms with Gasteiger partial charge in [0.25, 0.3) is 11.8 Å². The summed E-state index contributed by atoms with van der Waals surface area (Å²) in [6.07, 6.45) is 1.52. The maximum atomic E-state index is 12.9. The Labute approximate surface area is 163 Å². The summed E-state index contributed by atoms with van der Waals surface area (Å²) in [6, 6.07) is 14.4. The van der Waals surface area contributed by atoms with Gasteiger partial charge in [-0.1, -0.05) is 36.4 Å². The fraction of sp³-hybridized carbons (Fsp3) is 0.136. The summed E-state index contributed by atoms with van der Waals surface area (Å²) in [7, 11) is 0. The molecule has 0 fully saturated rings. The first kappa shape index (κ1) is 19.1. The molecule has 0 saturated heterocycles. The fourth-order valence-corrected chi connectivity index (χ4v) is 3.03. The van der Waals surface area contributed by atoms with E-state index in [-0.39, 0.29) is 24.1 Å². The van der Waals surface area contributed by atoms with Gasteiger partial charge in [-0.15, -0.1) is 6.58 Å². The molecule has 6 heteroatoms. The van der Waals surface area contributed by atoms with E-state index in [0.29, 0.717) is 16.8 Å². The maximum Gasteiger partial charge on any atom is 0.278 e. The average molecular weight is 375 g/mol. The highest BCUT2D eigenvalue weighted by Crippen LogP contribution is 2.31. The molecule has 0 aromatic heterocycles. The van der Waals surface area contributed by atoms with Crippen molar-refractivity contribution in [2.45, 2.75) is 13.8 Å². The molecule has 0 radical (unpaired) electrons. The molecule has 2 aromatic rings. The number of carbonyl (C=O) groups is 3. The largest absolute Gasteiger partial charge is 0.350 e. The topological polar surface area (TPSA) is 78.5 Å². The molecule has 0 atom stereocenters. The average Bonchev–Trinajstić information content (AvgIpc) is 2.89. The second-order valence-electron chi connectivity index (χ2n) is 6.46. The standard InChI is InChI=1S/C22H21N3O3/c1-4-13-25-21(27)19(16-9-11-17(12-10-16)23-15(3)26)20(22(25)28)24-18-8-6-5-7-14(18)2/h4-12,24H,1,13H2,2-3H3,(H,23,26). The predicted molar refractivity (Wildman–Crippen MR) is 109 cm³/mol. The van der Waals surface area contributed by atoms with Crippen LogP contribution in [0.3, 0.4) is 0 Å². The van der Waals surface area contributed by atoms with Crippen LogP contribution < -0.4 is 10.6 Å². The van der Waals surface area contributed by atoms with Gasteiger partial charge in [0.05, 0.1) is 5.57 Å². The maximum absolute atomic E-state index is 12.9. The Bertz CT molecular complexity index is 990. The number of anilines is 2. The van der Waals surface area contributed by atoms with E-state index in [9.17, 15) is 14.4 Å². The lowest BCUT2D eigenvalue weighted by molar-refractivity contribution is -0.136. The minimum Gasteiger partial charge on any atom is -0.350 e. The Morgan fingerprint density at radius 1 is 1.07 bits per heavy atom. The lowest BCUT2D eigenvalue weighted by atomic mass is 10.0. The van der Waals surface area contributed by atoms with Crippen LogP contribution in [-0.4, -0.2) is 29.2 Å². The number of rotatable bonds is 6. The first-order valence-electron chi connectivity index (χ1n) is 8.84. The Kier molecular flexibility index (Phi) is 5.40. The van der Waals surface area contributed by atoms with E-state index in [1.165, 1.54) is 13.0 Å². The highest BCUT2D eigenvalue weighted by atomic mass is 16.2. The first-order chi connectivity index (χ1) is 13.4. The zero-order valence-corrected chi connectivity index (χ0v) is 15.8. The SMILES string of the molecule is C=CCN1C(=O)C(Nc2ccccc2C)=C(c2ccc(NC(C)=O)cc2)C1=O. The normalized spacial score (nSPS) is 13.7. The summed E-state index contributed by atoms with van der Waals surface area (Å²) in [4.78, 5) is 38.2. The summed E-state index contributed by atoms with van der Waals surface area (Å²) in [5, 5.41) is 5.82. The van der Waals surface area contributed by atoms with Gasteiger partial charge in [-0.3, -0.25) is 19.3 Å². The molecule has 3 rings (SSSR count). The van der Waals surface area contributed by atoms with Gasteiger partial charge in [0, 0.05) is 24.8 Å². The molecule has 3 amide bonds. The molecule has 142 valence electrons. The number of aryl methyl sites for hydroxylation is 1. The Morgan fingerprint density at radius 3 is 2.36 bits per heavy atom. The van der Waals surface area contributed by atoms with Crippen molar-refractivity contribution in [1.29, 1.82) is 0 Å². The number of benzene rings is 2. The number of carbonyl (C=O) groups excluding carboxylic acids is 3. The molecule has 1 heterocycles. The van der Waals surface area contributed by atoms with Crippen LogP contribution in [0.1, 0.15) is 18.1 Å². The van der Waals surface area contributed by atoms with Crippen molar-refractivity contribution < 1.29 is 14.4 Å². The highest BCUT2D eigenvalue weighted by molar-refractivity contribution is 6.36. The Hall–Kier alpha value is -3.67. The zero-order chi connectivity index (χ0) is 20.3. The van der Waals surface area contributed by atoms with Crippen molar-refractivity contribution in [2.75, 3.05) is 17.2 Å². The number of nitrogens with zero attached hydrogens (tertiary/aromatic N) is 1. The van der Waals surface area contributed by atoms with Gasteiger partial charge in [-0.2, -0.15) is 0 Å². The Morgan fingerprint density at radius 2 is 1.75 bits per heavy atom. The van der Waals surface area contributed by atoms with Crippen molar-refractivity contribution in [3.63, 3.8) is 0 Å². The Balaban J connectivity index is 2.05. The number of amides is 3. The van der Waals surface area contributed by atoms with Gasteiger partial charge in [0.15, 0.2) is 0 Å². The van der Waals surface area contributed by atoms with E-state index in [0.717, 1.165) is 16.2 Å². The van der Waals surface area contributed by atoms with Crippen molar-refractivity contribution in [1.82, 2.24) is 4.90 Å². The van der Waals surface area contributed by atoms with E-state index in [1.807, 2.05) is 31.2 Å². The van der Waals surface area contributed by atoms with Crippen LogP contribution in [0, 0.1) is 6.92 Å². The fourth-order valence-electron chi connectivity index (χ4n) is 3.03. The number of hydrogen-bond acceptors (Lipinski definition) is 4. The third kappa shape index (κ3) is 3.71. The lowest BCUT2D eigenvalue weighted by Gasteiger charge is -2.13. The molecule has 0 unspecified atom stereocenters. The molecule has 0 bridgehead atoms. The summed E-state index contributed by atoms with van der Waals surface area (Å²) in [6.45, 7) is 7.10. The number of hydrogen-bond donors (Lipinski definition) is 2. The first-order valence-corrected chi connectivity index (χ1v) is 8.84. The van der Waals surface area contributed by atoms with Crippen molar-refractivity contribution in [3.8, 4) is 0 Å². The quantitative estimate of drug-likeness (QED) is 0.600. The molecular formula is C22H21N3O3. The number of para-hydroxylation sites is 1. The van der Waals surface area contributed by atoms with Gasteiger partial charge in [-0.25, -0.2) is 0 Å². The van der Waals surface area contributed by atoms with Gasteiger partial charge in [0.2, 0.25) is 5.91 Å². The molecule has 28 heavy (non-hydrogen) atoms. The third-order valence-corrected chi connectivity index (χ3v) is 4.38. The second kappa shape index (κ2) is 7.92. The van der Waals surface area contributed by atoms with Crippen molar-refractivity contribution in [3.05, 3.63) is 78.0 Å². The second-order valence-corrected chi connectivity index (χ2v) is 6.46. The minimum atomic E-state index is -0.394. The van der Waals surface area contributed by atoms with E-state index in [1.54, 1.807) is 24.3 Å². The summed E-state index contributed by atoms with van der Waals surface area (Å²) < 4.78 is 0. The van der Waals surface area contributed by atoms with Gasteiger partial charge in [0.1, 0.15) is 5.70 Å². The highest BCUT2D eigenvalue weighted by Gasteiger charge is 2.38. The lowest BCUT2D eigenvalue weighted by Crippen LogP contribution is -2.32. The van der Waals surface area contributed by atoms with Crippen LogP contribution in [0.4, 0.5) is 11.4 Å². The van der Waals surface area contributed by atoms with E-state index < -0.39 is 5.91 Å². The molecule has 0 spiro atoms. The van der Waals surface area contributed by atoms with Crippen LogP contribution in [0.5, 0.6) is 0 Å². The molecule has 6 nitrogen and oxygen atoms in total. The summed E-state index contributed by atoms with van der Waals surface area (Å²) >= 11 is 0. The molecule has 1 aliphatic rings. The minimum absolute atomic E-state index is 0.129. The number of imide groups is 1. The molecular weight excluding hydrogens is 354 g/mol. The van der Waals surface area contributed by atoms with Crippen LogP contribution >= 0.6 is 0 Å². The van der Waals surface area contributed by atoms with E-state index in [2.05, 4.69) is 17.2 Å². The van der Waals surface area contributed by atoms with Crippen molar-refractivity contribution in [2.24, 2.45) is 0 Å². The molecule has 0 saturated carbocycles. The van der Waals surface area contributed by atoms with Crippen LogP contribution in [0.25, 0.3) is 5.57 Å². The molecule has 0 aliphatic carbocycles. The molecule has 1 aliphatic heterocycles. The van der Waals surface area contributed by atoms with E-state index >= 15 is 0 Å². The smallest absolute Gasteiger partial charge is 0.278 e. The van der Waals surface area contributed by atoms with Gasteiger partial charge in [-0.05, 0) is 36.2 Å².